The van der Waals surface area contributed by atoms with Crippen LogP contribution in [0.25, 0.3) is 11.0 Å². The third-order valence-electron chi connectivity index (χ3n) is 6.51. The van der Waals surface area contributed by atoms with Gasteiger partial charge in [-0.25, -0.2) is 9.78 Å². The summed E-state index contributed by atoms with van der Waals surface area (Å²) in [6, 6.07) is 15.7. The summed E-state index contributed by atoms with van der Waals surface area (Å²) in [5, 5.41) is 0.762. The molecule has 2 aromatic carbocycles. The average molecular weight is 410 g/mol. The largest absolute Gasteiger partial charge is 0.437 e. The van der Waals surface area contributed by atoms with Gasteiger partial charge in [0, 0.05) is 11.4 Å². The van der Waals surface area contributed by atoms with Gasteiger partial charge >= 0.3 is 5.63 Å². The van der Waals surface area contributed by atoms with E-state index >= 15 is 0 Å². The molecule has 5 nitrogen and oxygen atoms in total. The van der Waals surface area contributed by atoms with Gasteiger partial charge in [-0.05, 0) is 55.9 Å². The van der Waals surface area contributed by atoms with E-state index in [0.29, 0.717) is 28.5 Å². The number of pyridine rings is 1. The lowest BCUT2D eigenvalue weighted by atomic mass is 9.80. The summed E-state index contributed by atoms with van der Waals surface area (Å²) in [7, 11) is 0. The minimum Gasteiger partial charge on any atom is -0.437 e. The van der Waals surface area contributed by atoms with Gasteiger partial charge in [-0.3, -0.25) is 0 Å². The van der Waals surface area contributed by atoms with E-state index in [1.807, 2.05) is 37.3 Å². The monoisotopic (exact) mass is 410 g/mol. The van der Waals surface area contributed by atoms with Crippen LogP contribution in [0.5, 0.6) is 11.6 Å². The number of aromatic nitrogens is 1. The number of fused-ring (bicyclic) bond motifs is 5. The van der Waals surface area contributed by atoms with E-state index < -0.39 is 5.63 Å². The summed E-state index contributed by atoms with van der Waals surface area (Å²) < 4.78 is 12.0. The number of hydrogen-bond acceptors (Lipinski definition) is 5. The van der Waals surface area contributed by atoms with Crippen molar-refractivity contribution >= 4 is 16.7 Å². The number of aryl methyl sites for hydroxylation is 2. The zero-order valence-electron chi connectivity index (χ0n) is 17.3. The van der Waals surface area contributed by atoms with Gasteiger partial charge in [0.05, 0.1) is 22.4 Å². The minimum atomic E-state index is -0.401. The fraction of sp³-hybridized carbons (Fsp3) is 0.231. The van der Waals surface area contributed by atoms with Crippen molar-refractivity contribution in [1.82, 2.24) is 4.98 Å². The van der Waals surface area contributed by atoms with Crippen molar-refractivity contribution in [1.29, 1.82) is 0 Å². The standard InChI is InChI=1S/C26H22N2O3/c1-14-10-12-15(13-11-14)20-21-23(27)16-6-2-4-8-18(16)28-25(21)31-24-17-7-3-5-9-19(17)30-26(29)22(20)24/h3,5,7,9-13,20H,2,4,6,8H2,1H3,(H2,27,28). The van der Waals surface area contributed by atoms with Crippen LogP contribution < -0.4 is 16.1 Å². The summed E-state index contributed by atoms with van der Waals surface area (Å²) in [5.41, 5.74) is 13.1. The normalized spacial score (nSPS) is 16.9. The summed E-state index contributed by atoms with van der Waals surface area (Å²) in [6.45, 7) is 2.05. The Balaban J connectivity index is 1.71. The van der Waals surface area contributed by atoms with Crippen molar-refractivity contribution in [3.63, 3.8) is 0 Å². The Morgan fingerprint density at radius 2 is 1.77 bits per heavy atom. The van der Waals surface area contributed by atoms with Crippen molar-refractivity contribution in [2.45, 2.75) is 38.5 Å². The van der Waals surface area contributed by atoms with Gasteiger partial charge in [-0.15, -0.1) is 0 Å². The number of rotatable bonds is 1. The number of nitrogen functional groups attached to an aromatic ring is 1. The molecule has 0 bridgehead atoms. The highest BCUT2D eigenvalue weighted by atomic mass is 16.5. The van der Waals surface area contributed by atoms with E-state index in [4.69, 9.17) is 19.9 Å². The highest BCUT2D eigenvalue weighted by Gasteiger charge is 2.38. The van der Waals surface area contributed by atoms with Gasteiger partial charge in [0.1, 0.15) is 5.58 Å². The molecular weight excluding hydrogens is 388 g/mol. The maximum Gasteiger partial charge on any atom is 0.344 e. The molecule has 0 radical (unpaired) electrons. The number of nitrogens with zero attached hydrogens (tertiary/aromatic N) is 1. The Labute approximate surface area is 179 Å². The molecule has 3 heterocycles. The van der Waals surface area contributed by atoms with E-state index in [0.717, 1.165) is 59.0 Å². The zero-order valence-corrected chi connectivity index (χ0v) is 17.3. The molecule has 0 spiro atoms. The van der Waals surface area contributed by atoms with Crippen molar-refractivity contribution in [3.8, 4) is 11.6 Å². The van der Waals surface area contributed by atoms with E-state index in [1.54, 1.807) is 6.07 Å². The first kappa shape index (κ1) is 18.2. The molecular formula is C26H22N2O3. The summed E-state index contributed by atoms with van der Waals surface area (Å²) in [4.78, 5) is 18.1. The molecule has 154 valence electrons. The molecule has 0 amide bonds. The van der Waals surface area contributed by atoms with Crippen LogP contribution in [-0.2, 0) is 12.8 Å². The van der Waals surface area contributed by atoms with Gasteiger partial charge in [-0.2, -0.15) is 0 Å². The van der Waals surface area contributed by atoms with Gasteiger partial charge < -0.3 is 14.9 Å². The predicted molar refractivity (Wildman–Crippen MR) is 120 cm³/mol. The van der Waals surface area contributed by atoms with Crippen LogP contribution >= 0.6 is 0 Å². The summed E-state index contributed by atoms with van der Waals surface area (Å²) >= 11 is 0. The molecule has 6 rings (SSSR count). The molecule has 1 aliphatic carbocycles. The first-order valence-electron chi connectivity index (χ1n) is 10.7. The second-order valence-electron chi connectivity index (χ2n) is 8.45. The third-order valence-corrected chi connectivity index (χ3v) is 6.51. The van der Waals surface area contributed by atoms with Crippen LogP contribution in [0.3, 0.4) is 0 Å². The highest BCUT2D eigenvalue weighted by molar-refractivity contribution is 5.87. The Morgan fingerprint density at radius 1 is 1.00 bits per heavy atom. The molecule has 1 atom stereocenters. The molecule has 0 saturated heterocycles. The fourth-order valence-electron chi connectivity index (χ4n) is 4.95. The van der Waals surface area contributed by atoms with Gasteiger partial charge in [0.25, 0.3) is 0 Å². The Morgan fingerprint density at radius 3 is 2.61 bits per heavy atom. The van der Waals surface area contributed by atoms with Crippen molar-refractivity contribution in [2.75, 3.05) is 5.73 Å². The van der Waals surface area contributed by atoms with E-state index in [9.17, 15) is 4.79 Å². The molecule has 2 aromatic heterocycles. The van der Waals surface area contributed by atoms with Gasteiger partial charge in [-0.1, -0.05) is 42.0 Å². The number of para-hydroxylation sites is 1. The Bertz CT molecular complexity index is 1400. The molecule has 4 aromatic rings. The number of ether oxygens (including phenoxy) is 1. The van der Waals surface area contributed by atoms with E-state index in [1.165, 1.54) is 0 Å². The molecule has 31 heavy (non-hydrogen) atoms. The smallest absolute Gasteiger partial charge is 0.344 e. The minimum absolute atomic E-state index is 0.389. The van der Waals surface area contributed by atoms with Crippen LogP contribution in [0.15, 0.2) is 57.7 Å². The Kier molecular flexibility index (Phi) is 3.93. The third kappa shape index (κ3) is 2.69. The van der Waals surface area contributed by atoms with E-state index in [2.05, 4.69) is 12.1 Å². The van der Waals surface area contributed by atoms with Crippen LogP contribution in [0.2, 0.25) is 0 Å². The van der Waals surface area contributed by atoms with E-state index in [-0.39, 0.29) is 5.92 Å². The van der Waals surface area contributed by atoms with Crippen LogP contribution in [0, 0.1) is 6.92 Å². The number of benzene rings is 2. The molecule has 2 N–H and O–H groups in total. The molecule has 1 unspecified atom stereocenters. The maximum atomic E-state index is 13.2. The van der Waals surface area contributed by atoms with Crippen LogP contribution in [0.1, 0.15) is 52.3 Å². The first-order chi connectivity index (χ1) is 15.1. The maximum absolute atomic E-state index is 13.2. The zero-order chi connectivity index (χ0) is 21.1. The average Bonchev–Trinajstić information content (AvgIpc) is 2.79. The lowest BCUT2D eigenvalue weighted by molar-refractivity contribution is 0.420. The second-order valence-corrected chi connectivity index (χ2v) is 8.45. The summed E-state index contributed by atoms with van der Waals surface area (Å²) in [5.74, 6) is 0.638. The summed E-state index contributed by atoms with van der Waals surface area (Å²) in [6.07, 6.45) is 4.00. The van der Waals surface area contributed by atoms with Gasteiger partial charge in [0.2, 0.25) is 5.88 Å². The predicted octanol–water partition coefficient (Wildman–Crippen LogP) is 5.24. The lowest BCUT2D eigenvalue weighted by Crippen LogP contribution is -2.24. The number of anilines is 1. The SMILES string of the molecule is Cc1ccc(C2c3c(nc4c(c3N)CCCC4)Oc3c2c(=O)oc2ccccc32)cc1. The molecule has 1 aliphatic heterocycles. The molecule has 0 fully saturated rings. The van der Waals surface area contributed by atoms with Crippen LogP contribution in [-0.4, -0.2) is 4.98 Å². The quantitative estimate of drug-likeness (QED) is 0.382. The van der Waals surface area contributed by atoms with Crippen molar-refractivity contribution < 1.29 is 9.15 Å². The van der Waals surface area contributed by atoms with Crippen molar-refractivity contribution in [2.24, 2.45) is 0 Å². The number of nitrogens with two attached hydrogens (primary N) is 1. The lowest BCUT2D eigenvalue weighted by Gasteiger charge is -2.31. The van der Waals surface area contributed by atoms with Gasteiger partial charge in [0.15, 0.2) is 5.75 Å². The second kappa shape index (κ2) is 6.71. The molecule has 0 saturated carbocycles. The fourth-order valence-corrected chi connectivity index (χ4v) is 4.95. The van der Waals surface area contributed by atoms with Crippen LogP contribution in [0.4, 0.5) is 5.69 Å². The molecule has 5 heteroatoms. The first-order valence-corrected chi connectivity index (χ1v) is 10.7. The number of hydrogen-bond donors (Lipinski definition) is 1. The highest BCUT2D eigenvalue weighted by Crippen LogP contribution is 2.51. The Hall–Kier alpha value is -3.60. The topological polar surface area (TPSA) is 78.4 Å². The molecule has 2 aliphatic rings. The van der Waals surface area contributed by atoms with Crippen molar-refractivity contribution in [3.05, 3.63) is 92.5 Å².